The first-order valence-electron chi connectivity index (χ1n) is 7.19. The van der Waals surface area contributed by atoms with E-state index in [1.54, 1.807) is 11.3 Å². The van der Waals surface area contributed by atoms with Gasteiger partial charge >= 0.3 is 0 Å². The number of para-hydroxylation sites is 1. The highest BCUT2D eigenvalue weighted by Gasteiger charge is 2.11. The number of rotatable bonds is 6. The molecule has 0 saturated heterocycles. The van der Waals surface area contributed by atoms with Crippen molar-refractivity contribution in [2.75, 3.05) is 0 Å². The Morgan fingerprint density at radius 3 is 2.57 bits per heavy atom. The van der Waals surface area contributed by atoms with Gasteiger partial charge in [0.05, 0.1) is 15.2 Å². The van der Waals surface area contributed by atoms with Crippen LogP contribution in [0.4, 0.5) is 0 Å². The Labute approximate surface area is 128 Å². The van der Waals surface area contributed by atoms with Crippen LogP contribution in [0.2, 0.25) is 0 Å². The standard InChI is InChI=1S/C17H19N3S/c18-20-14(11-10-13-6-2-1-3-7-13)12-17-19-15-8-4-5-9-16(15)21-17/h1-9,14,20H,10-12,18H2. The smallest absolute Gasteiger partial charge is 0.0954 e. The summed E-state index contributed by atoms with van der Waals surface area (Å²) in [7, 11) is 0. The van der Waals surface area contributed by atoms with Crippen molar-refractivity contribution in [2.45, 2.75) is 25.3 Å². The number of nitrogens with one attached hydrogen (secondary N) is 1. The van der Waals surface area contributed by atoms with Crippen LogP contribution in [0.25, 0.3) is 10.2 Å². The molecule has 4 heteroatoms. The number of nitrogens with zero attached hydrogens (tertiary/aromatic N) is 1. The number of nitrogens with two attached hydrogens (primary N) is 1. The molecule has 3 rings (SSSR count). The summed E-state index contributed by atoms with van der Waals surface area (Å²) in [5.74, 6) is 5.71. The summed E-state index contributed by atoms with van der Waals surface area (Å²) >= 11 is 1.76. The Bertz CT molecular complexity index is 660. The minimum absolute atomic E-state index is 0.255. The van der Waals surface area contributed by atoms with Crippen molar-refractivity contribution in [3.8, 4) is 0 Å². The van der Waals surface area contributed by atoms with Crippen molar-refractivity contribution in [3.05, 3.63) is 65.2 Å². The number of hydrogen-bond donors (Lipinski definition) is 2. The van der Waals surface area contributed by atoms with Crippen molar-refractivity contribution < 1.29 is 0 Å². The van der Waals surface area contributed by atoms with Gasteiger partial charge in [0, 0.05) is 12.5 Å². The normalized spacial score (nSPS) is 12.6. The molecular weight excluding hydrogens is 278 g/mol. The van der Waals surface area contributed by atoms with E-state index in [4.69, 9.17) is 5.84 Å². The first kappa shape index (κ1) is 14.2. The van der Waals surface area contributed by atoms with Crippen LogP contribution in [-0.2, 0) is 12.8 Å². The van der Waals surface area contributed by atoms with Crippen LogP contribution in [0.3, 0.4) is 0 Å². The van der Waals surface area contributed by atoms with Gasteiger partial charge in [0.15, 0.2) is 0 Å². The third-order valence-corrected chi connectivity index (χ3v) is 4.68. The predicted octanol–water partition coefficient (Wildman–Crippen LogP) is 3.30. The van der Waals surface area contributed by atoms with Gasteiger partial charge in [-0.1, -0.05) is 42.5 Å². The number of fused-ring (bicyclic) bond motifs is 1. The maximum Gasteiger partial charge on any atom is 0.0954 e. The summed E-state index contributed by atoms with van der Waals surface area (Å²) in [6.07, 6.45) is 2.92. The number of aryl methyl sites for hydroxylation is 1. The molecule has 3 aromatic rings. The lowest BCUT2D eigenvalue weighted by Crippen LogP contribution is -2.37. The topological polar surface area (TPSA) is 50.9 Å². The molecule has 0 bridgehead atoms. The molecule has 108 valence electrons. The number of thiazole rings is 1. The van der Waals surface area contributed by atoms with Gasteiger partial charge in [0.25, 0.3) is 0 Å². The monoisotopic (exact) mass is 297 g/mol. The van der Waals surface area contributed by atoms with Gasteiger partial charge in [-0.2, -0.15) is 0 Å². The fourth-order valence-corrected chi connectivity index (χ4v) is 3.50. The summed E-state index contributed by atoms with van der Waals surface area (Å²) in [4.78, 5) is 4.68. The molecule has 3 nitrogen and oxygen atoms in total. The first-order chi connectivity index (χ1) is 10.3. The van der Waals surface area contributed by atoms with E-state index in [0.29, 0.717) is 0 Å². The van der Waals surface area contributed by atoms with Crippen LogP contribution in [0.5, 0.6) is 0 Å². The van der Waals surface area contributed by atoms with Crippen LogP contribution in [0, 0.1) is 0 Å². The molecule has 1 aromatic heterocycles. The van der Waals surface area contributed by atoms with Gasteiger partial charge in [-0.3, -0.25) is 11.3 Å². The molecule has 0 aliphatic carbocycles. The summed E-state index contributed by atoms with van der Waals surface area (Å²) in [6, 6.07) is 19.0. The van der Waals surface area contributed by atoms with Crippen LogP contribution in [-0.4, -0.2) is 11.0 Å². The lowest BCUT2D eigenvalue weighted by molar-refractivity contribution is 0.491. The number of benzene rings is 2. The molecule has 0 spiro atoms. The number of hydrazine groups is 1. The van der Waals surface area contributed by atoms with Crippen molar-refractivity contribution in [2.24, 2.45) is 5.84 Å². The summed E-state index contributed by atoms with van der Waals surface area (Å²) in [5.41, 5.74) is 5.36. The Balaban J connectivity index is 1.63. The Hall–Kier alpha value is -1.75. The second-order valence-electron chi connectivity index (χ2n) is 5.17. The second kappa shape index (κ2) is 6.80. The highest BCUT2D eigenvalue weighted by atomic mass is 32.1. The molecule has 0 fully saturated rings. The fraction of sp³-hybridized carbons (Fsp3) is 0.235. The van der Waals surface area contributed by atoms with E-state index in [9.17, 15) is 0 Å². The zero-order chi connectivity index (χ0) is 14.5. The molecule has 0 amide bonds. The van der Waals surface area contributed by atoms with Crippen LogP contribution in [0.1, 0.15) is 17.0 Å². The molecule has 3 N–H and O–H groups in total. The minimum atomic E-state index is 0.255. The average molecular weight is 297 g/mol. The van der Waals surface area contributed by atoms with Gasteiger partial charge in [0.2, 0.25) is 0 Å². The molecule has 1 unspecified atom stereocenters. The van der Waals surface area contributed by atoms with Crippen molar-refractivity contribution in [1.29, 1.82) is 0 Å². The van der Waals surface area contributed by atoms with E-state index in [1.165, 1.54) is 10.3 Å². The summed E-state index contributed by atoms with van der Waals surface area (Å²) in [6.45, 7) is 0. The lowest BCUT2D eigenvalue weighted by atomic mass is 10.0. The molecule has 1 atom stereocenters. The lowest BCUT2D eigenvalue weighted by Gasteiger charge is -2.14. The fourth-order valence-electron chi connectivity index (χ4n) is 2.45. The van der Waals surface area contributed by atoms with Gasteiger partial charge in [-0.15, -0.1) is 11.3 Å². The van der Waals surface area contributed by atoms with Gasteiger partial charge in [-0.25, -0.2) is 4.98 Å². The molecule has 1 heterocycles. The van der Waals surface area contributed by atoms with Crippen molar-refractivity contribution in [3.63, 3.8) is 0 Å². The molecule has 0 saturated carbocycles. The maximum absolute atomic E-state index is 5.71. The molecule has 21 heavy (non-hydrogen) atoms. The van der Waals surface area contributed by atoms with E-state index >= 15 is 0 Å². The zero-order valence-electron chi connectivity index (χ0n) is 11.8. The first-order valence-corrected chi connectivity index (χ1v) is 8.01. The predicted molar refractivity (Wildman–Crippen MR) is 89.2 cm³/mol. The van der Waals surface area contributed by atoms with Crippen molar-refractivity contribution >= 4 is 21.6 Å². The largest absolute Gasteiger partial charge is 0.271 e. The summed E-state index contributed by atoms with van der Waals surface area (Å²) in [5, 5.41) is 1.15. The van der Waals surface area contributed by atoms with Crippen molar-refractivity contribution in [1.82, 2.24) is 10.4 Å². The zero-order valence-corrected chi connectivity index (χ0v) is 12.6. The van der Waals surface area contributed by atoms with E-state index < -0.39 is 0 Å². The van der Waals surface area contributed by atoms with Crippen LogP contribution in [0.15, 0.2) is 54.6 Å². The molecule has 0 aliphatic heterocycles. The Kier molecular flexibility index (Phi) is 4.60. The Morgan fingerprint density at radius 2 is 1.81 bits per heavy atom. The van der Waals surface area contributed by atoms with E-state index in [2.05, 4.69) is 52.9 Å². The molecule has 0 aliphatic rings. The minimum Gasteiger partial charge on any atom is -0.271 e. The summed E-state index contributed by atoms with van der Waals surface area (Å²) < 4.78 is 1.24. The highest BCUT2D eigenvalue weighted by molar-refractivity contribution is 7.18. The highest BCUT2D eigenvalue weighted by Crippen LogP contribution is 2.23. The van der Waals surface area contributed by atoms with Crippen LogP contribution < -0.4 is 11.3 Å². The third kappa shape index (κ3) is 3.67. The van der Waals surface area contributed by atoms with Gasteiger partial charge in [-0.05, 0) is 30.5 Å². The third-order valence-electron chi connectivity index (χ3n) is 3.62. The molecule has 0 radical (unpaired) electrons. The van der Waals surface area contributed by atoms with Crippen LogP contribution >= 0.6 is 11.3 Å². The molecular formula is C17H19N3S. The average Bonchev–Trinajstić information content (AvgIpc) is 2.94. The number of hydrogen-bond acceptors (Lipinski definition) is 4. The maximum atomic E-state index is 5.71. The van der Waals surface area contributed by atoms with E-state index in [1.807, 2.05) is 12.1 Å². The van der Waals surface area contributed by atoms with Gasteiger partial charge in [0.1, 0.15) is 0 Å². The number of aromatic nitrogens is 1. The molecule has 2 aromatic carbocycles. The SMILES string of the molecule is NNC(CCc1ccccc1)Cc1nc2ccccc2s1. The quantitative estimate of drug-likeness (QED) is 0.542. The Morgan fingerprint density at radius 1 is 1.05 bits per heavy atom. The van der Waals surface area contributed by atoms with Gasteiger partial charge < -0.3 is 0 Å². The van der Waals surface area contributed by atoms with E-state index in [0.717, 1.165) is 29.8 Å². The second-order valence-corrected chi connectivity index (χ2v) is 6.28. The van der Waals surface area contributed by atoms with E-state index in [-0.39, 0.29) is 6.04 Å².